The first-order valence-corrected chi connectivity index (χ1v) is 7.57. The van der Waals surface area contributed by atoms with Crippen LogP contribution in [0.1, 0.15) is 25.7 Å². The van der Waals surface area contributed by atoms with Crippen LogP contribution < -0.4 is 14.8 Å². The third kappa shape index (κ3) is 3.88. The van der Waals surface area contributed by atoms with Gasteiger partial charge in [-0.1, -0.05) is 12.8 Å². The van der Waals surface area contributed by atoms with Gasteiger partial charge in [0.05, 0.1) is 20.3 Å². The highest BCUT2D eigenvalue weighted by molar-refractivity contribution is 6.18. The molecule has 1 N–H and O–H groups in total. The second-order valence-electron chi connectivity index (χ2n) is 5.12. The Hall–Kier alpha value is -1.23. The summed E-state index contributed by atoms with van der Waals surface area (Å²) in [6, 6.07) is 1.66. The van der Waals surface area contributed by atoms with Crippen LogP contribution in [0, 0.1) is 11.8 Å². The van der Waals surface area contributed by atoms with Gasteiger partial charge < -0.3 is 14.8 Å². The highest BCUT2D eigenvalue weighted by atomic mass is 35.5. The van der Waals surface area contributed by atoms with Crippen molar-refractivity contribution >= 4 is 17.5 Å². The van der Waals surface area contributed by atoms with Crippen LogP contribution in [-0.2, 0) is 0 Å². The summed E-state index contributed by atoms with van der Waals surface area (Å²) >= 11 is 6.05. The Labute approximate surface area is 125 Å². The van der Waals surface area contributed by atoms with E-state index < -0.39 is 0 Å². The number of alkyl halides is 1. The molecule has 20 heavy (non-hydrogen) atoms. The zero-order chi connectivity index (χ0) is 14.4. The van der Waals surface area contributed by atoms with Crippen LogP contribution in [-0.4, -0.2) is 36.6 Å². The molecule has 1 aliphatic rings. The minimum absolute atomic E-state index is 0.497. The first-order chi connectivity index (χ1) is 9.76. The maximum absolute atomic E-state index is 6.05. The fraction of sp³-hybridized carbons (Fsp3) is 0.714. The average molecular weight is 300 g/mol. The molecule has 1 heterocycles. The van der Waals surface area contributed by atoms with Crippen LogP contribution in [0.2, 0.25) is 0 Å². The van der Waals surface area contributed by atoms with Gasteiger partial charge in [0.1, 0.15) is 0 Å². The SMILES string of the molecule is COc1cc(OC)nc(NCC2CCCCC2CCl)n1. The van der Waals surface area contributed by atoms with Gasteiger partial charge in [-0.25, -0.2) is 0 Å². The van der Waals surface area contributed by atoms with Crippen LogP contribution in [0.15, 0.2) is 6.07 Å². The second-order valence-corrected chi connectivity index (χ2v) is 5.42. The molecule has 5 nitrogen and oxygen atoms in total. The summed E-state index contributed by atoms with van der Waals surface area (Å²) in [4.78, 5) is 8.56. The highest BCUT2D eigenvalue weighted by Gasteiger charge is 2.24. The van der Waals surface area contributed by atoms with E-state index in [0.29, 0.717) is 29.5 Å². The van der Waals surface area contributed by atoms with Crippen LogP contribution in [0.4, 0.5) is 5.95 Å². The van der Waals surface area contributed by atoms with Crippen LogP contribution >= 0.6 is 11.6 Å². The van der Waals surface area contributed by atoms with Crippen molar-refractivity contribution in [3.05, 3.63) is 6.07 Å². The molecule has 2 rings (SSSR count). The fourth-order valence-corrected chi connectivity index (χ4v) is 3.08. The lowest BCUT2D eigenvalue weighted by molar-refractivity contribution is 0.271. The lowest BCUT2D eigenvalue weighted by atomic mass is 9.80. The van der Waals surface area contributed by atoms with Crippen molar-refractivity contribution in [1.29, 1.82) is 0 Å². The lowest BCUT2D eigenvalue weighted by Crippen LogP contribution is -2.27. The summed E-state index contributed by atoms with van der Waals surface area (Å²) < 4.78 is 10.3. The monoisotopic (exact) mass is 299 g/mol. The number of halogens is 1. The van der Waals surface area contributed by atoms with Crippen molar-refractivity contribution in [2.24, 2.45) is 11.8 Å². The largest absolute Gasteiger partial charge is 0.481 e. The number of hydrogen-bond acceptors (Lipinski definition) is 5. The Morgan fingerprint density at radius 1 is 1.15 bits per heavy atom. The molecule has 0 amide bonds. The predicted molar refractivity (Wildman–Crippen MR) is 79.8 cm³/mol. The smallest absolute Gasteiger partial charge is 0.229 e. The van der Waals surface area contributed by atoms with Crippen LogP contribution in [0.3, 0.4) is 0 Å². The molecule has 0 aliphatic heterocycles. The third-order valence-corrected chi connectivity index (χ3v) is 4.28. The highest BCUT2D eigenvalue weighted by Crippen LogP contribution is 2.31. The molecule has 2 atom stereocenters. The minimum atomic E-state index is 0.497. The Bertz CT molecular complexity index is 409. The number of hydrogen-bond donors (Lipinski definition) is 1. The number of aromatic nitrogens is 2. The maximum atomic E-state index is 6.05. The molecule has 0 aromatic carbocycles. The van der Waals surface area contributed by atoms with Gasteiger partial charge in [0.2, 0.25) is 17.7 Å². The Morgan fingerprint density at radius 2 is 1.75 bits per heavy atom. The topological polar surface area (TPSA) is 56.3 Å². The minimum Gasteiger partial charge on any atom is -0.481 e. The molecule has 1 saturated carbocycles. The molecule has 0 bridgehead atoms. The summed E-state index contributed by atoms with van der Waals surface area (Å²) in [6.07, 6.45) is 5.00. The van der Waals surface area contributed by atoms with Gasteiger partial charge in [0, 0.05) is 12.4 Å². The van der Waals surface area contributed by atoms with E-state index in [4.69, 9.17) is 21.1 Å². The summed E-state index contributed by atoms with van der Waals surface area (Å²) in [6.45, 7) is 0.841. The quantitative estimate of drug-likeness (QED) is 0.819. The molecule has 1 aromatic rings. The van der Waals surface area contributed by atoms with Gasteiger partial charge in [-0.15, -0.1) is 11.6 Å². The standard InChI is InChI=1S/C14H22ClN3O2/c1-19-12-7-13(20-2)18-14(17-12)16-9-11-6-4-3-5-10(11)8-15/h7,10-11H,3-6,8-9H2,1-2H3,(H,16,17,18). The van der Waals surface area contributed by atoms with E-state index >= 15 is 0 Å². The molecular formula is C14H22ClN3O2. The number of nitrogens with one attached hydrogen (secondary N) is 1. The van der Waals surface area contributed by atoms with Crippen molar-refractivity contribution in [3.63, 3.8) is 0 Å². The van der Waals surface area contributed by atoms with Gasteiger partial charge in [0.25, 0.3) is 0 Å². The fourth-order valence-electron chi connectivity index (χ4n) is 2.67. The predicted octanol–water partition coefficient (Wildman–Crippen LogP) is 2.95. The zero-order valence-electron chi connectivity index (χ0n) is 12.1. The Balaban J connectivity index is 1.98. The van der Waals surface area contributed by atoms with Crippen LogP contribution in [0.25, 0.3) is 0 Å². The second kappa shape index (κ2) is 7.53. The van der Waals surface area contributed by atoms with E-state index in [1.54, 1.807) is 20.3 Å². The molecule has 0 radical (unpaired) electrons. The van der Waals surface area contributed by atoms with Gasteiger partial charge in [-0.2, -0.15) is 9.97 Å². The Morgan fingerprint density at radius 3 is 2.30 bits per heavy atom. The van der Waals surface area contributed by atoms with E-state index in [2.05, 4.69) is 15.3 Å². The normalized spacial score (nSPS) is 22.4. The van der Waals surface area contributed by atoms with E-state index in [-0.39, 0.29) is 0 Å². The lowest BCUT2D eigenvalue weighted by Gasteiger charge is -2.30. The average Bonchev–Trinajstić information content (AvgIpc) is 2.52. The van der Waals surface area contributed by atoms with E-state index in [9.17, 15) is 0 Å². The summed E-state index contributed by atoms with van der Waals surface area (Å²) in [5.74, 6) is 3.44. The van der Waals surface area contributed by atoms with Gasteiger partial charge in [0.15, 0.2) is 0 Å². The number of anilines is 1. The number of methoxy groups -OCH3 is 2. The van der Waals surface area contributed by atoms with Crippen LogP contribution in [0.5, 0.6) is 11.8 Å². The summed E-state index contributed by atoms with van der Waals surface area (Å²) in [5, 5.41) is 3.29. The van der Waals surface area contributed by atoms with Crippen molar-refractivity contribution in [2.45, 2.75) is 25.7 Å². The van der Waals surface area contributed by atoms with E-state index in [1.165, 1.54) is 25.7 Å². The molecule has 1 fully saturated rings. The first kappa shape index (κ1) is 15.2. The van der Waals surface area contributed by atoms with Crippen molar-refractivity contribution in [3.8, 4) is 11.8 Å². The summed E-state index contributed by atoms with van der Waals surface area (Å²) in [7, 11) is 3.16. The number of ether oxygens (including phenoxy) is 2. The number of nitrogens with zero attached hydrogens (tertiary/aromatic N) is 2. The molecule has 1 aliphatic carbocycles. The molecule has 1 aromatic heterocycles. The molecule has 0 saturated heterocycles. The molecule has 112 valence electrons. The van der Waals surface area contributed by atoms with Crippen molar-refractivity contribution in [1.82, 2.24) is 9.97 Å². The van der Waals surface area contributed by atoms with Crippen molar-refractivity contribution < 1.29 is 9.47 Å². The van der Waals surface area contributed by atoms with Gasteiger partial charge >= 0.3 is 0 Å². The first-order valence-electron chi connectivity index (χ1n) is 7.03. The third-order valence-electron chi connectivity index (χ3n) is 3.88. The molecule has 2 unspecified atom stereocenters. The Kier molecular flexibility index (Phi) is 5.71. The molecule has 0 spiro atoms. The molecule has 6 heteroatoms. The van der Waals surface area contributed by atoms with Gasteiger partial charge in [-0.3, -0.25) is 0 Å². The maximum Gasteiger partial charge on any atom is 0.229 e. The zero-order valence-corrected chi connectivity index (χ0v) is 12.8. The summed E-state index contributed by atoms with van der Waals surface area (Å²) in [5.41, 5.74) is 0. The number of rotatable bonds is 6. The molecular weight excluding hydrogens is 278 g/mol. The van der Waals surface area contributed by atoms with E-state index in [0.717, 1.165) is 12.4 Å². The van der Waals surface area contributed by atoms with Crippen molar-refractivity contribution in [2.75, 3.05) is 32.0 Å². The van der Waals surface area contributed by atoms with Gasteiger partial charge in [-0.05, 0) is 24.7 Å². The van der Waals surface area contributed by atoms with E-state index in [1.807, 2.05) is 0 Å².